The van der Waals surface area contributed by atoms with Gasteiger partial charge in [-0.3, -0.25) is 19.1 Å². The van der Waals surface area contributed by atoms with Gasteiger partial charge in [-0.2, -0.15) is 0 Å². The fourth-order valence-electron chi connectivity index (χ4n) is 7.31. The number of nitrogens with one attached hydrogen (secondary N) is 3. The van der Waals surface area contributed by atoms with E-state index < -0.39 is 50.6 Å². The number of sulfonamides is 1. The van der Waals surface area contributed by atoms with Crippen LogP contribution in [0.4, 0.5) is 5.13 Å². The van der Waals surface area contributed by atoms with E-state index in [1.54, 1.807) is 19.1 Å². The molecule has 2 aromatic heterocycles. The lowest BCUT2D eigenvalue weighted by Gasteiger charge is -2.26. The third kappa shape index (κ3) is 7.47. The minimum atomic E-state index is -3.83. The summed E-state index contributed by atoms with van der Waals surface area (Å²) in [5, 5.41) is 9.15. The summed E-state index contributed by atoms with van der Waals surface area (Å²) >= 11 is 1.48. The number of carbonyl (C=O) groups is 3. The van der Waals surface area contributed by atoms with E-state index in [0.717, 1.165) is 29.8 Å². The van der Waals surface area contributed by atoms with Gasteiger partial charge in [0, 0.05) is 48.5 Å². The van der Waals surface area contributed by atoms with Gasteiger partial charge in [-0.25, -0.2) is 18.4 Å². The summed E-state index contributed by atoms with van der Waals surface area (Å²) < 4.78 is 40.0. The summed E-state index contributed by atoms with van der Waals surface area (Å²) in [4.78, 5) is 53.2. The predicted molar refractivity (Wildman–Crippen MR) is 198 cm³/mol. The van der Waals surface area contributed by atoms with Crippen LogP contribution in [-0.2, 0) is 24.4 Å². The Balaban J connectivity index is 1.19. The molecule has 5 atom stereocenters. The van der Waals surface area contributed by atoms with Gasteiger partial charge in [0.15, 0.2) is 5.13 Å². The van der Waals surface area contributed by atoms with Crippen LogP contribution in [0.1, 0.15) is 65.2 Å². The molecule has 1 aliphatic heterocycles. The average Bonchev–Trinajstić information content (AvgIpc) is 3.99. The van der Waals surface area contributed by atoms with E-state index in [9.17, 15) is 22.8 Å². The Bertz CT molecular complexity index is 2010. The number of amides is 3. The molecule has 0 saturated heterocycles. The Hall–Kier alpha value is -4.24. The van der Waals surface area contributed by atoms with E-state index in [1.165, 1.54) is 11.3 Å². The van der Waals surface area contributed by atoms with Gasteiger partial charge in [0.1, 0.15) is 28.8 Å². The molecule has 3 amide bonds. The molecule has 3 heterocycles. The van der Waals surface area contributed by atoms with Crippen molar-refractivity contribution in [2.45, 2.75) is 88.1 Å². The van der Waals surface area contributed by atoms with E-state index >= 15 is 0 Å². The lowest BCUT2D eigenvalue weighted by atomic mass is 9.93. The van der Waals surface area contributed by atoms with Crippen LogP contribution in [0.15, 0.2) is 41.8 Å². The molecule has 13 nitrogen and oxygen atoms in total. The van der Waals surface area contributed by atoms with Crippen molar-refractivity contribution in [2.24, 2.45) is 17.8 Å². The second-order valence-electron chi connectivity index (χ2n) is 14.8. The van der Waals surface area contributed by atoms with Crippen molar-refractivity contribution in [3.8, 4) is 22.9 Å². The minimum Gasteiger partial charge on any atom is -0.497 e. The zero-order chi connectivity index (χ0) is 36.8. The molecule has 3 aromatic rings. The number of methoxy groups -OCH3 is 1. The smallest absolute Gasteiger partial charge is 0.259 e. The summed E-state index contributed by atoms with van der Waals surface area (Å²) in [6, 6.07) is 7.59. The molecule has 52 heavy (non-hydrogen) atoms. The van der Waals surface area contributed by atoms with Gasteiger partial charge in [0.25, 0.3) is 5.91 Å². The predicted octanol–water partition coefficient (Wildman–Crippen LogP) is 4.64. The van der Waals surface area contributed by atoms with Crippen molar-refractivity contribution in [2.75, 3.05) is 26.0 Å². The fourth-order valence-corrected chi connectivity index (χ4v) is 9.52. The maximum absolute atomic E-state index is 14.2. The molecule has 3 N–H and O–H groups in total. The lowest BCUT2D eigenvalue weighted by molar-refractivity contribution is -0.140. The Kier molecular flexibility index (Phi) is 9.93. The van der Waals surface area contributed by atoms with E-state index in [4.69, 9.17) is 19.4 Å². The Labute approximate surface area is 308 Å². The van der Waals surface area contributed by atoms with Gasteiger partial charge in [-0.15, -0.1) is 11.3 Å². The number of fused-ring (bicyclic) bond motifs is 3. The van der Waals surface area contributed by atoms with Crippen LogP contribution in [-0.4, -0.2) is 84.6 Å². The molecule has 4 aliphatic rings. The van der Waals surface area contributed by atoms with Crippen molar-refractivity contribution in [1.82, 2.24) is 24.9 Å². The molecule has 0 spiro atoms. The van der Waals surface area contributed by atoms with Crippen LogP contribution in [0.2, 0.25) is 0 Å². The monoisotopic (exact) mass is 750 g/mol. The second kappa shape index (κ2) is 14.3. The van der Waals surface area contributed by atoms with Crippen LogP contribution >= 0.6 is 11.3 Å². The maximum atomic E-state index is 14.2. The van der Waals surface area contributed by atoms with Gasteiger partial charge in [-0.05, 0) is 77.3 Å². The highest BCUT2D eigenvalue weighted by atomic mass is 32.2. The molecule has 7 rings (SSSR count). The van der Waals surface area contributed by atoms with Gasteiger partial charge >= 0.3 is 0 Å². The Morgan fingerprint density at radius 3 is 2.63 bits per heavy atom. The largest absolute Gasteiger partial charge is 0.497 e. The van der Waals surface area contributed by atoms with Crippen molar-refractivity contribution in [1.29, 1.82) is 0 Å². The van der Waals surface area contributed by atoms with Gasteiger partial charge in [-0.1, -0.05) is 12.2 Å². The summed E-state index contributed by atoms with van der Waals surface area (Å²) in [5.74, 6) is -2.00. The molecule has 3 saturated carbocycles. The average molecular weight is 751 g/mol. The Morgan fingerprint density at radius 2 is 1.88 bits per heavy atom. The summed E-state index contributed by atoms with van der Waals surface area (Å²) in [5.41, 5.74) is 0.532. The second-order valence-corrected chi connectivity index (χ2v) is 17.6. The summed E-state index contributed by atoms with van der Waals surface area (Å²) in [6.07, 6.45) is 7.56. The SMILES string of the molecule is COc1ccc2c(O[C@@H]3C[C@H]4C(=O)N[C@]5(C(=O)NS(=O)(=O)C6CC6)C[C@H]5C=CCCCCN(C)C(=O)[C@@H]4C3)cc(-c3csc(NC(C)C)n3)nc2c1. The van der Waals surface area contributed by atoms with Gasteiger partial charge in [0.05, 0.1) is 35.4 Å². The van der Waals surface area contributed by atoms with Gasteiger partial charge in [0.2, 0.25) is 21.8 Å². The maximum Gasteiger partial charge on any atom is 0.259 e. The number of hydrogen-bond donors (Lipinski definition) is 3. The summed E-state index contributed by atoms with van der Waals surface area (Å²) in [6.45, 7) is 4.64. The van der Waals surface area contributed by atoms with Crippen LogP contribution in [0.5, 0.6) is 11.5 Å². The van der Waals surface area contributed by atoms with Crippen molar-refractivity contribution >= 4 is 55.1 Å². The van der Waals surface area contributed by atoms with Crippen LogP contribution in [0.3, 0.4) is 0 Å². The molecule has 0 bridgehead atoms. The van der Waals surface area contributed by atoms with E-state index in [2.05, 4.69) is 15.4 Å². The number of rotatable bonds is 9. The summed E-state index contributed by atoms with van der Waals surface area (Å²) in [7, 11) is -0.479. The van der Waals surface area contributed by atoms with E-state index in [-0.39, 0.29) is 37.1 Å². The number of ether oxygens (including phenoxy) is 2. The van der Waals surface area contributed by atoms with Crippen LogP contribution in [0.25, 0.3) is 22.3 Å². The van der Waals surface area contributed by atoms with Crippen molar-refractivity contribution in [3.05, 3.63) is 41.8 Å². The normalized spacial score (nSPS) is 26.7. The number of hydrogen-bond acceptors (Lipinski definition) is 11. The minimum absolute atomic E-state index is 0.154. The first-order valence-electron chi connectivity index (χ1n) is 18.0. The molecule has 15 heteroatoms. The number of anilines is 1. The molecule has 0 radical (unpaired) electrons. The number of carbonyl (C=O) groups excluding carboxylic acids is 3. The van der Waals surface area contributed by atoms with Crippen molar-refractivity contribution < 1.29 is 32.3 Å². The molecular formula is C37H46N6O7S2. The zero-order valence-corrected chi connectivity index (χ0v) is 31.5. The number of benzene rings is 1. The standard InChI is InChI=1S/C37H46N6O7S2/c1-21(2)38-36-40-31(20-51-36)30-18-32(26-13-10-23(49-4)17-29(26)39-30)50-24-15-27-28(16-24)34(45)43(3)14-8-6-5-7-9-22-19-37(22,41-33(27)44)35(46)42-52(47,48)25-11-12-25/h7,9-10,13,17-18,20-22,24-25,27-28H,5-6,8,11-12,14-16,19H2,1-4H3,(H,38,40)(H,41,44)(H,42,46)/t22-,24-,27-,28-,37-/m1/s1. The molecule has 3 aliphatic carbocycles. The number of pyridine rings is 1. The molecule has 0 unspecified atom stereocenters. The fraction of sp³-hybridized carbons (Fsp3) is 0.541. The first-order valence-corrected chi connectivity index (χ1v) is 20.5. The zero-order valence-electron chi connectivity index (χ0n) is 29.9. The number of aromatic nitrogens is 2. The highest BCUT2D eigenvalue weighted by molar-refractivity contribution is 7.91. The topological polar surface area (TPSA) is 169 Å². The molecule has 1 aromatic carbocycles. The number of nitrogens with zero attached hydrogens (tertiary/aromatic N) is 3. The lowest BCUT2D eigenvalue weighted by Crippen LogP contribution is -2.54. The highest BCUT2D eigenvalue weighted by Crippen LogP contribution is 2.47. The molecule has 3 fully saturated rings. The van der Waals surface area contributed by atoms with Crippen LogP contribution < -0.4 is 24.8 Å². The highest BCUT2D eigenvalue weighted by Gasteiger charge is 2.62. The third-order valence-corrected chi connectivity index (χ3v) is 13.0. The van der Waals surface area contributed by atoms with E-state index in [0.29, 0.717) is 47.8 Å². The Morgan fingerprint density at radius 1 is 1.10 bits per heavy atom. The van der Waals surface area contributed by atoms with E-state index in [1.807, 2.05) is 55.6 Å². The van der Waals surface area contributed by atoms with Gasteiger partial charge < -0.3 is 25.0 Å². The quantitative estimate of drug-likeness (QED) is 0.262. The number of thiazole rings is 1. The van der Waals surface area contributed by atoms with Crippen molar-refractivity contribution in [3.63, 3.8) is 0 Å². The molecular weight excluding hydrogens is 705 g/mol. The first kappa shape index (κ1) is 36.1. The number of allylic oxidation sites excluding steroid dienone is 1. The first-order chi connectivity index (χ1) is 24.9. The molecule has 278 valence electrons. The van der Waals surface area contributed by atoms with Crippen LogP contribution in [0, 0.1) is 17.8 Å². The third-order valence-electron chi connectivity index (χ3n) is 10.4.